The molecule has 14 heteroatoms. The Hall–Kier alpha value is -4.99. The van der Waals surface area contributed by atoms with E-state index in [-0.39, 0.29) is 43.1 Å². The zero-order valence-corrected chi connectivity index (χ0v) is 41.6. The van der Waals surface area contributed by atoms with Crippen LogP contribution in [-0.2, 0) is 38.1 Å². The molecule has 1 amide bonds. The molecule has 3 N–H and O–H groups in total. The number of carbonyl (C=O) groups excluding carboxylic acids is 5. The predicted octanol–water partition coefficient (Wildman–Crippen LogP) is 7.73. The minimum absolute atomic E-state index is 0.0246. The fourth-order valence-corrected chi connectivity index (χ4v) is 14.1. The molecule has 0 spiro atoms. The fourth-order valence-electron chi connectivity index (χ4n) is 11.4. The summed E-state index contributed by atoms with van der Waals surface area (Å²) < 4.78 is 32.1. The number of Topliss-reactive ketones (excluding diaryl/α,β-unsaturated/α-hetero) is 1. The largest absolute Gasteiger partial charge is 0.458 e. The highest BCUT2D eigenvalue weighted by Gasteiger charge is 2.77. The topological polar surface area (TPSA) is 184 Å². The van der Waals surface area contributed by atoms with E-state index < -0.39 is 107 Å². The maximum atomic E-state index is 15.8. The summed E-state index contributed by atoms with van der Waals surface area (Å²) in [4.78, 5) is 73.3. The van der Waals surface area contributed by atoms with Crippen molar-refractivity contribution in [1.82, 2.24) is 5.32 Å². The monoisotopic (exact) mass is 937 g/mol. The first kappa shape index (κ1) is 49.9. The van der Waals surface area contributed by atoms with Crippen LogP contribution in [0.2, 0.25) is 23.7 Å². The maximum Gasteiger partial charge on any atom is 0.338 e. The van der Waals surface area contributed by atoms with Crippen molar-refractivity contribution in [2.75, 3.05) is 13.2 Å². The molecule has 1 heterocycles. The number of rotatable bonds is 12. The normalized spacial score (nSPS) is 31.0. The molecule has 13 nitrogen and oxygen atoms in total. The van der Waals surface area contributed by atoms with Gasteiger partial charge in [-0.05, 0) is 66.8 Å². The number of ketones is 1. The van der Waals surface area contributed by atoms with Crippen LogP contribution in [0, 0.1) is 16.7 Å². The zero-order chi connectivity index (χ0) is 49.1. The lowest BCUT2D eigenvalue weighted by Crippen LogP contribution is -2.81. The SMILES string of the molecule is CCO[C@@]12CO[C@@H]1C[C@H](O)[C@@]1(C)C(=O)[C@H](OC(C)=O)C3=C(C)[C@@H](OC(=O)[C@@H]([C@@H](NC(=O)c4ccccc4)c4ccccc4)[Si](C)(C)C(C)(C)C)C[C@@](O)([C@@H](OC(=O)c4ccccc4)[C@H]21)C3(C)C. The van der Waals surface area contributed by atoms with Gasteiger partial charge < -0.3 is 39.2 Å². The van der Waals surface area contributed by atoms with Gasteiger partial charge in [-0.3, -0.25) is 19.2 Å². The van der Waals surface area contributed by atoms with Crippen LogP contribution in [0.25, 0.3) is 0 Å². The van der Waals surface area contributed by atoms with E-state index in [0.29, 0.717) is 16.7 Å². The molecule has 1 aliphatic heterocycles. The number of hydrogen-bond donors (Lipinski definition) is 3. The Morgan fingerprint density at radius 2 is 1.45 bits per heavy atom. The van der Waals surface area contributed by atoms with Crippen molar-refractivity contribution in [3.63, 3.8) is 0 Å². The summed E-state index contributed by atoms with van der Waals surface area (Å²) in [6, 6.07) is 25.4. The van der Waals surface area contributed by atoms with E-state index in [1.807, 2.05) is 36.4 Å². The molecule has 7 rings (SSSR count). The second-order valence-electron chi connectivity index (χ2n) is 21.2. The van der Waals surface area contributed by atoms with E-state index in [1.165, 1.54) is 6.92 Å². The molecule has 3 fully saturated rings. The third kappa shape index (κ3) is 8.30. The molecule has 67 heavy (non-hydrogen) atoms. The van der Waals surface area contributed by atoms with Gasteiger partial charge in [0.15, 0.2) is 11.9 Å². The molecule has 0 aromatic heterocycles. The van der Waals surface area contributed by atoms with Gasteiger partial charge in [-0.1, -0.05) is 114 Å². The van der Waals surface area contributed by atoms with E-state index in [9.17, 15) is 24.6 Å². The Bertz CT molecular complexity index is 2400. The number of hydrogen-bond acceptors (Lipinski definition) is 12. The van der Waals surface area contributed by atoms with Gasteiger partial charge in [0.05, 0.1) is 49.5 Å². The highest BCUT2D eigenvalue weighted by Crippen LogP contribution is 2.64. The van der Waals surface area contributed by atoms with Gasteiger partial charge in [0.2, 0.25) is 0 Å². The van der Waals surface area contributed by atoms with Crippen molar-refractivity contribution < 1.29 is 57.9 Å². The first-order valence-corrected chi connectivity index (χ1v) is 26.4. The molecule has 360 valence electrons. The Labute approximate surface area is 395 Å². The molecule has 4 aliphatic rings. The number of esters is 3. The van der Waals surface area contributed by atoms with Crippen LogP contribution in [0.5, 0.6) is 0 Å². The average Bonchev–Trinajstić information content (AvgIpc) is 3.27. The Kier molecular flexibility index (Phi) is 13.5. The van der Waals surface area contributed by atoms with Gasteiger partial charge in [0, 0.05) is 43.3 Å². The Morgan fingerprint density at radius 3 is 1.97 bits per heavy atom. The molecule has 11 atom stereocenters. The second-order valence-corrected chi connectivity index (χ2v) is 26.8. The van der Waals surface area contributed by atoms with Gasteiger partial charge in [0.1, 0.15) is 23.4 Å². The standard InChI is InChI=1S/C53H67NO12Si/c1-12-63-52-30-62-38(52)28-37(56)51(9)43(52)45(66-47(59)35-26-20-15-21-27-35)53(61)29-36(31(2)39(50(53,7)8)41(44(51)57)64-32(3)55)65-48(60)42(67(10,11)49(4,5)6)40(33-22-16-13-17-23-33)54-46(58)34-24-18-14-19-25-34/h13-27,36-38,40-43,45,56,61H,12,28-30H2,1-11H3,(H,54,58)/t36-,37-,38+,40-,41+,42+,43-,45-,51+,52-,53+/m0/s1. The number of benzene rings is 3. The van der Waals surface area contributed by atoms with Gasteiger partial charge in [0.25, 0.3) is 5.91 Å². The van der Waals surface area contributed by atoms with Crippen molar-refractivity contribution in [3.05, 3.63) is 119 Å². The number of carbonyl (C=O) groups is 5. The number of aliphatic hydroxyl groups is 2. The number of fused-ring (bicyclic) bond motifs is 5. The van der Waals surface area contributed by atoms with Crippen LogP contribution in [-0.4, -0.2) is 103 Å². The van der Waals surface area contributed by atoms with Crippen LogP contribution in [0.1, 0.15) is 107 Å². The number of aliphatic hydroxyl groups excluding tert-OH is 1. The van der Waals surface area contributed by atoms with Crippen LogP contribution in [0.4, 0.5) is 0 Å². The van der Waals surface area contributed by atoms with Crippen LogP contribution in [0.15, 0.2) is 102 Å². The van der Waals surface area contributed by atoms with Crippen molar-refractivity contribution in [2.24, 2.45) is 16.7 Å². The fraction of sp³-hybridized carbons (Fsp3) is 0.528. The third-order valence-electron chi connectivity index (χ3n) is 16.3. The van der Waals surface area contributed by atoms with Gasteiger partial charge in [-0.15, -0.1) is 0 Å². The van der Waals surface area contributed by atoms with E-state index in [1.54, 1.807) is 89.2 Å². The van der Waals surface area contributed by atoms with Crippen molar-refractivity contribution in [3.8, 4) is 0 Å². The number of amides is 1. The summed E-state index contributed by atoms with van der Waals surface area (Å²) in [7, 11) is -2.92. The first-order valence-electron chi connectivity index (χ1n) is 23.3. The van der Waals surface area contributed by atoms with Crippen LogP contribution >= 0.6 is 0 Å². The van der Waals surface area contributed by atoms with Gasteiger partial charge in [-0.2, -0.15) is 0 Å². The van der Waals surface area contributed by atoms with E-state index in [2.05, 4.69) is 39.2 Å². The molecule has 2 saturated carbocycles. The molecule has 0 unspecified atom stereocenters. The maximum absolute atomic E-state index is 15.8. The van der Waals surface area contributed by atoms with Crippen LogP contribution in [0.3, 0.4) is 0 Å². The number of ether oxygens (including phenoxy) is 5. The summed E-state index contributed by atoms with van der Waals surface area (Å²) in [6.07, 6.45) is -7.13. The Morgan fingerprint density at radius 1 is 0.881 bits per heavy atom. The number of nitrogens with one attached hydrogen (secondary N) is 1. The lowest BCUT2D eigenvalue weighted by atomic mass is 9.44. The second kappa shape index (κ2) is 18.2. The summed E-state index contributed by atoms with van der Waals surface area (Å²) in [5.41, 5.74) is -6.13. The molecule has 3 aromatic rings. The molecular formula is C53H67NO12Si. The lowest BCUT2D eigenvalue weighted by molar-refractivity contribution is -0.356. The van der Waals surface area contributed by atoms with Gasteiger partial charge in [-0.25, -0.2) is 4.79 Å². The molecule has 2 bridgehead atoms. The first-order chi connectivity index (χ1) is 31.4. The summed E-state index contributed by atoms with van der Waals surface area (Å²) in [5.74, 6) is -4.60. The average molecular weight is 938 g/mol. The molecular weight excluding hydrogens is 871 g/mol. The molecule has 3 aromatic carbocycles. The minimum atomic E-state index is -2.92. The molecule has 3 aliphatic carbocycles. The molecule has 1 saturated heterocycles. The van der Waals surface area contributed by atoms with E-state index in [4.69, 9.17) is 23.7 Å². The third-order valence-corrected chi connectivity index (χ3v) is 22.3. The zero-order valence-electron chi connectivity index (χ0n) is 40.6. The smallest absolute Gasteiger partial charge is 0.338 e. The van der Waals surface area contributed by atoms with Crippen molar-refractivity contribution in [2.45, 2.75) is 147 Å². The van der Waals surface area contributed by atoms with E-state index in [0.717, 1.165) is 0 Å². The lowest BCUT2D eigenvalue weighted by Gasteiger charge is -2.68. The van der Waals surface area contributed by atoms with Crippen molar-refractivity contribution in [1.29, 1.82) is 0 Å². The van der Waals surface area contributed by atoms with E-state index >= 15 is 9.59 Å². The van der Waals surface area contributed by atoms with Gasteiger partial charge >= 0.3 is 17.9 Å². The summed E-state index contributed by atoms with van der Waals surface area (Å²) in [5, 5.41) is 29.1. The minimum Gasteiger partial charge on any atom is -0.458 e. The summed E-state index contributed by atoms with van der Waals surface area (Å²) in [6.45, 7) is 20.1. The Balaban J connectivity index is 1.45. The molecule has 0 radical (unpaired) electrons. The highest BCUT2D eigenvalue weighted by molar-refractivity contribution is 6.84. The quantitative estimate of drug-likeness (QED) is 0.0697. The van der Waals surface area contributed by atoms with Crippen LogP contribution < -0.4 is 5.32 Å². The highest BCUT2D eigenvalue weighted by atomic mass is 28.3. The van der Waals surface area contributed by atoms with Crippen molar-refractivity contribution >= 4 is 37.7 Å². The predicted molar refractivity (Wildman–Crippen MR) is 252 cm³/mol. The summed E-state index contributed by atoms with van der Waals surface area (Å²) >= 11 is 0.